The molecule has 0 spiro atoms. The zero-order valence-corrected chi connectivity index (χ0v) is 11.2. The van der Waals surface area contributed by atoms with Gasteiger partial charge in [0.05, 0.1) is 5.56 Å². The smallest absolute Gasteiger partial charge is 0.328 e. The van der Waals surface area contributed by atoms with Gasteiger partial charge in [-0.25, -0.2) is 14.4 Å². The minimum Gasteiger partial charge on any atom is -0.328 e. The molecule has 0 bridgehead atoms. The van der Waals surface area contributed by atoms with Crippen LogP contribution in [0, 0.1) is 5.82 Å². The molecule has 112 valence electrons. The first kappa shape index (κ1) is 15.4. The molecule has 1 atom stereocenters. The van der Waals surface area contributed by atoms with E-state index in [1.807, 2.05) is 0 Å². The Balaban J connectivity index is 2.42. The molecule has 0 fully saturated rings. The van der Waals surface area contributed by atoms with Crippen LogP contribution in [-0.2, 0) is 12.6 Å². The van der Waals surface area contributed by atoms with Gasteiger partial charge in [0.25, 0.3) is 0 Å². The van der Waals surface area contributed by atoms with Gasteiger partial charge in [-0.3, -0.25) is 0 Å². The lowest BCUT2D eigenvalue weighted by Crippen LogP contribution is -2.18. The lowest BCUT2D eigenvalue weighted by atomic mass is 10.1. The van der Waals surface area contributed by atoms with Crippen LogP contribution in [0.1, 0.15) is 18.1 Å². The highest BCUT2D eigenvalue weighted by atomic mass is 19.4. The summed E-state index contributed by atoms with van der Waals surface area (Å²) in [5.41, 5.74) is 5.00. The Morgan fingerprint density at radius 1 is 1.19 bits per heavy atom. The summed E-state index contributed by atoms with van der Waals surface area (Å²) in [6, 6.07) is 2.31. The van der Waals surface area contributed by atoms with E-state index in [2.05, 4.69) is 9.97 Å². The van der Waals surface area contributed by atoms with Crippen LogP contribution in [0.15, 0.2) is 30.6 Å². The van der Waals surface area contributed by atoms with Crippen LogP contribution in [0.3, 0.4) is 0 Å². The van der Waals surface area contributed by atoms with E-state index < -0.39 is 17.6 Å². The molecule has 2 aromatic rings. The van der Waals surface area contributed by atoms with Crippen molar-refractivity contribution in [1.29, 1.82) is 0 Å². The highest BCUT2D eigenvalue weighted by molar-refractivity contribution is 5.61. The molecule has 0 amide bonds. The quantitative estimate of drug-likeness (QED) is 0.886. The number of alkyl halides is 3. The van der Waals surface area contributed by atoms with E-state index in [0.717, 1.165) is 17.7 Å². The third kappa shape index (κ3) is 3.75. The van der Waals surface area contributed by atoms with Gasteiger partial charge in [0.2, 0.25) is 0 Å². The summed E-state index contributed by atoms with van der Waals surface area (Å²) < 4.78 is 51.8. The molecule has 0 aliphatic carbocycles. The highest BCUT2D eigenvalue weighted by Gasteiger charge is 2.34. The third-order valence-corrected chi connectivity index (χ3v) is 2.79. The third-order valence-electron chi connectivity index (χ3n) is 2.79. The zero-order chi connectivity index (χ0) is 15.6. The van der Waals surface area contributed by atoms with Crippen LogP contribution >= 0.6 is 0 Å². The number of hydrogen-bond acceptors (Lipinski definition) is 3. The zero-order valence-electron chi connectivity index (χ0n) is 11.2. The Hall–Kier alpha value is -2.02. The minimum atomic E-state index is -4.68. The Morgan fingerprint density at radius 3 is 2.33 bits per heavy atom. The number of benzene rings is 1. The van der Waals surface area contributed by atoms with Gasteiger partial charge >= 0.3 is 6.18 Å². The van der Waals surface area contributed by atoms with Gasteiger partial charge < -0.3 is 5.73 Å². The SMILES string of the molecule is CC(N)Cc1cnc(-c2ccc(F)cc2C(F)(F)F)nc1. The normalized spacial score (nSPS) is 13.2. The molecule has 1 aromatic heterocycles. The standard InChI is InChI=1S/C14H13F4N3/c1-8(19)4-9-6-20-13(21-7-9)11-3-2-10(15)5-12(11)14(16,17)18/h2-3,5-8H,4,19H2,1H3. The molecular formula is C14H13F4N3. The molecule has 0 saturated heterocycles. The summed E-state index contributed by atoms with van der Waals surface area (Å²) >= 11 is 0. The molecule has 0 radical (unpaired) electrons. The second-order valence-corrected chi connectivity index (χ2v) is 4.78. The first-order chi connectivity index (χ1) is 9.77. The maximum Gasteiger partial charge on any atom is 0.417 e. The molecule has 1 heterocycles. The van der Waals surface area contributed by atoms with E-state index in [1.54, 1.807) is 6.92 Å². The van der Waals surface area contributed by atoms with E-state index >= 15 is 0 Å². The number of nitrogens with two attached hydrogens (primary N) is 1. The topological polar surface area (TPSA) is 51.8 Å². The van der Waals surface area contributed by atoms with Crippen LogP contribution in [-0.4, -0.2) is 16.0 Å². The molecule has 21 heavy (non-hydrogen) atoms. The van der Waals surface area contributed by atoms with Crippen molar-refractivity contribution in [3.8, 4) is 11.4 Å². The molecule has 2 rings (SSSR count). The van der Waals surface area contributed by atoms with Gasteiger partial charge in [-0.1, -0.05) is 0 Å². The van der Waals surface area contributed by atoms with Gasteiger partial charge in [0, 0.05) is 24.0 Å². The Labute approximate surface area is 118 Å². The molecule has 3 nitrogen and oxygen atoms in total. The molecule has 2 N–H and O–H groups in total. The number of hydrogen-bond donors (Lipinski definition) is 1. The molecule has 7 heteroatoms. The van der Waals surface area contributed by atoms with Crippen molar-refractivity contribution in [2.45, 2.75) is 25.6 Å². The van der Waals surface area contributed by atoms with Crippen LogP contribution in [0.5, 0.6) is 0 Å². The van der Waals surface area contributed by atoms with E-state index in [4.69, 9.17) is 5.73 Å². The number of halogens is 4. The fourth-order valence-electron chi connectivity index (χ4n) is 1.92. The first-order valence-corrected chi connectivity index (χ1v) is 6.21. The van der Waals surface area contributed by atoms with Gasteiger partial charge in [-0.15, -0.1) is 0 Å². The van der Waals surface area contributed by atoms with Gasteiger partial charge in [-0.05, 0) is 37.1 Å². The molecule has 0 aliphatic rings. The highest BCUT2D eigenvalue weighted by Crippen LogP contribution is 2.36. The molecular weight excluding hydrogens is 286 g/mol. The minimum absolute atomic E-state index is 0.101. The summed E-state index contributed by atoms with van der Waals surface area (Å²) in [6.07, 6.45) is -1.30. The lowest BCUT2D eigenvalue weighted by Gasteiger charge is -2.12. The van der Waals surface area contributed by atoms with Crippen molar-refractivity contribution in [2.75, 3.05) is 0 Å². The first-order valence-electron chi connectivity index (χ1n) is 6.21. The average Bonchev–Trinajstić information content (AvgIpc) is 2.38. The second-order valence-electron chi connectivity index (χ2n) is 4.78. The number of rotatable bonds is 3. The Morgan fingerprint density at radius 2 is 1.81 bits per heavy atom. The molecule has 1 unspecified atom stereocenters. The van der Waals surface area contributed by atoms with E-state index in [-0.39, 0.29) is 17.4 Å². The van der Waals surface area contributed by atoms with Crippen LogP contribution in [0.25, 0.3) is 11.4 Å². The predicted octanol–water partition coefficient (Wildman–Crippen LogP) is 3.19. The van der Waals surface area contributed by atoms with Crippen LogP contribution < -0.4 is 5.73 Å². The van der Waals surface area contributed by atoms with Gasteiger partial charge in [0.15, 0.2) is 5.82 Å². The van der Waals surface area contributed by atoms with Crippen LogP contribution in [0.4, 0.5) is 17.6 Å². The molecule has 0 aliphatic heterocycles. The van der Waals surface area contributed by atoms with E-state index in [1.165, 1.54) is 12.4 Å². The summed E-state index contributed by atoms with van der Waals surface area (Å²) in [7, 11) is 0. The van der Waals surface area contributed by atoms with Crippen molar-refractivity contribution >= 4 is 0 Å². The summed E-state index contributed by atoms with van der Waals surface area (Å²) in [4.78, 5) is 7.83. The van der Waals surface area contributed by atoms with E-state index in [0.29, 0.717) is 12.5 Å². The molecule has 1 aromatic carbocycles. The van der Waals surface area contributed by atoms with Crippen molar-refractivity contribution in [2.24, 2.45) is 5.73 Å². The maximum atomic E-state index is 13.0. The van der Waals surface area contributed by atoms with Crippen LogP contribution in [0.2, 0.25) is 0 Å². The Bertz CT molecular complexity index is 621. The van der Waals surface area contributed by atoms with Crippen molar-refractivity contribution in [3.05, 3.63) is 47.5 Å². The van der Waals surface area contributed by atoms with Gasteiger partial charge in [-0.2, -0.15) is 13.2 Å². The fraction of sp³-hybridized carbons (Fsp3) is 0.286. The van der Waals surface area contributed by atoms with Gasteiger partial charge in [0.1, 0.15) is 5.82 Å². The summed E-state index contributed by atoms with van der Waals surface area (Å²) in [5, 5.41) is 0. The largest absolute Gasteiger partial charge is 0.417 e. The predicted molar refractivity (Wildman–Crippen MR) is 69.8 cm³/mol. The lowest BCUT2D eigenvalue weighted by molar-refractivity contribution is -0.137. The van der Waals surface area contributed by atoms with Crippen molar-refractivity contribution in [1.82, 2.24) is 9.97 Å². The average molecular weight is 299 g/mol. The number of nitrogens with zero attached hydrogens (tertiary/aromatic N) is 2. The Kier molecular flexibility index (Phi) is 4.22. The summed E-state index contributed by atoms with van der Waals surface area (Å²) in [6.45, 7) is 1.80. The fourth-order valence-corrected chi connectivity index (χ4v) is 1.92. The van der Waals surface area contributed by atoms with Crippen molar-refractivity contribution < 1.29 is 17.6 Å². The van der Waals surface area contributed by atoms with E-state index in [9.17, 15) is 17.6 Å². The summed E-state index contributed by atoms with van der Waals surface area (Å²) in [5.74, 6) is -1.06. The van der Waals surface area contributed by atoms with Crippen molar-refractivity contribution in [3.63, 3.8) is 0 Å². The maximum absolute atomic E-state index is 13.0. The second kappa shape index (κ2) is 5.77. The molecule has 0 saturated carbocycles. The monoisotopic (exact) mass is 299 g/mol. The number of aromatic nitrogens is 2.